The second kappa shape index (κ2) is 5.48. The van der Waals surface area contributed by atoms with Crippen LogP contribution in [0.25, 0.3) is 6.08 Å². The minimum Gasteiger partial charge on any atom is -0.400 e. The smallest absolute Gasteiger partial charge is 0.400 e. The van der Waals surface area contributed by atoms with Crippen LogP contribution >= 0.6 is 0 Å². The van der Waals surface area contributed by atoms with Crippen molar-refractivity contribution in [2.45, 2.75) is 45.4 Å². The number of hydrogen-bond donors (Lipinski definition) is 2. The van der Waals surface area contributed by atoms with Crippen LogP contribution in [-0.4, -0.2) is 30.8 Å². The largest absolute Gasteiger partial charge is 0.491 e. The minimum atomic E-state index is -0.466. The first kappa shape index (κ1) is 16.2. The van der Waals surface area contributed by atoms with Gasteiger partial charge in [-0.15, -0.1) is 0 Å². The lowest BCUT2D eigenvalue weighted by Crippen LogP contribution is -2.41. The molecular formula is C17H23BN2O3. The zero-order valence-electron chi connectivity index (χ0n) is 14.1. The van der Waals surface area contributed by atoms with Crippen molar-refractivity contribution in [2.75, 3.05) is 6.54 Å². The fraction of sp³-hybridized carbons (Fsp3) is 0.471. The predicted octanol–water partition coefficient (Wildman–Crippen LogP) is 1.90. The molecule has 1 aromatic carbocycles. The summed E-state index contributed by atoms with van der Waals surface area (Å²) in [5.41, 5.74) is 8.65. The quantitative estimate of drug-likeness (QED) is 0.836. The average molecular weight is 314 g/mol. The predicted molar refractivity (Wildman–Crippen MR) is 90.7 cm³/mol. The molecule has 2 aliphatic rings. The maximum absolute atomic E-state index is 11.8. The van der Waals surface area contributed by atoms with Crippen molar-refractivity contribution in [3.8, 4) is 0 Å². The van der Waals surface area contributed by atoms with E-state index in [0.29, 0.717) is 13.1 Å². The summed E-state index contributed by atoms with van der Waals surface area (Å²) in [6.07, 6.45) is 1.95. The molecule has 0 radical (unpaired) electrons. The van der Waals surface area contributed by atoms with Gasteiger partial charge in [-0.05, 0) is 50.4 Å². The van der Waals surface area contributed by atoms with E-state index in [-0.39, 0.29) is 5.91 Å². The van der Waals surface area contributed by atoms with Gasteiger partial charge in [-0.1, -0.05) is 18.2 Å². The molecule has 3 rings (SSSR count). The Morgan fingerprint density at radius 2 is 1.96 bits per heavy atom. The highest BCUT2D eigenvalue weighted by Gasteiger charge is 2.52. The van der Waals surface area contributed by atoms with Gasteiger partial charge in [0, 0.05) is 18.7 Å². The first-order chi connectivity index (χ1) is 10.7. The SMILES string of the molecule is CC1(C)OB(C(=Cc2ccc3c(c2)C(=O)NC3)CN)OC1(C)C. The first-order valence-electron chi connectivity index (χ1n) is 7.91. The lowest BCUT2D eigenvalue weighted by Gasteiger charge is -2.32. The molecule has 1 fully saturated rings. The summed E-state index contributed by atoms with van der Waals surface area (Å²) < 4.78 is 12.1. The molecule has 2 heterocycles. The monoisotopic (exact) mass is 314 g/mol. The van der Waals surface area contributed by atoms with Gasteiger partial charge < -0.3 is 20.4 Å². The van der Waals surface area contributed by atoms with E-state index in [2.05, 4.69) is 5.32 Å². The number of fused-ring (bicyclic) bond motifs is 1. The van der Waals surface area contributed by atoms with E-state index in [1.54, 1.807) is 0 Å². The molecule has 6 heteroatoms. The van der Waals surface area contributed by atoms with Crippen molar-refractivity contribution < 1.29 is 14.1 Å². The third-order valence-electron chi connectivity index (χ3n) is 4.96. The Kier molecular flexibility index (Phi) is 3.87. The number of nitrogens with one attached hydrogen (secondary N) is 1. The third kappa shape index (κ3) is 2.82. The first-order valence-corrected chi connectivity index (χ1v) is 7.91. The lowest BCUT2D eigenvalue weighted by atomic mass is 9.77. The molecule has 2 aliphatic heterocycles. The van der Waals surface area contributed by atoms with Crippen LogP contribution < -0.4 is 11.1 Å². The fourth-order valence-corrected chi connectivity index (χ4v) is 2.75. The second-order valence-corrected chi connectivity index (χ2v) is 7.11. The van der Waals surface area contributed by atoms with E-state index < -0.39 is 18.3 Å². The van der Waals surface area contributed by atoms with Crippen molar-refractivity contribution >= 4 is 19.1 Å². The molecule has 0 bridgehead atoms. The Bertz CT molecular complexity index is 666. The molecule has 1 saturated heterocycles. The minimum absolute atomic E-state index is 0.0276. The van der Waals surface area contributed by atoms with E-state index in [4.69, 9.17) is 15.0 Å². The van der Waals surface area contributed by atoms with Crippen LogP contribution in [0.1, 0.15) is 49.2 Å². The van der Waals surface area contributed by atoms with Gasteiger partial charge in [0.15, 0.2) is 0 Å². The van der Waals surface area contributed by atoms with Gasteiger partial charge in [0.25, 0.3) is 5.91 Å². The number of amides is 1. The van der Waals surface area contributed by atoms with Crippen LogP contribution in [0.2, 0.25) is 0 Å². The van der Waals surface area contributed by atoms with Gasteiger partial charge in [-0.3, -0.25) is 4.79 Å². The maximum Gasteiger partial charge on any atom is 0.491 e. The summed E-state index contributed by atoms with van der Waals surface area (Å²) in [6.45, 7) is 8.99. The summed E-state index contributed by atoms with van der Waals surface area (Å²) in [6, 6.07) is 5.84. The zero-order chi connectivity index (χ0) is 16.8. The summed E-state index contributed by atoms with van der Waals surface area (Å²) in [4.78, 5) is 11.8. The number of nitrogens with two attached hydrogens (primary N) is 1. The summed E-state index contributed by atoms with van der Waals surface area (Å²) in [7, 11) is -0.466. The number of carbonyl (C=O) groups is 1. The van der Waals surface area contributed by atoms with E-state index in [1.807, 2.05) is 52.0 Å². The van der Waals surface area contributed by atoms with E-state index in [1.165, 1.54) is 0 Å². The van der Waals surface area contributed by atoms with Gasteiger partial charge in [-0.2, -0.15) is 0 Å². The highest BCUT2D eigenvalue weighted by molar-refractivity contribution is 6.55. The maximum atomic E-state index is 11.8. The van der Waals surface area contributed by atoms with Crippen LogP contribution in [0.4, 0.5) is 0 Å². The number of rotatable bonds is 3. The Hall–Kier alpha value is -1.63. The molecule has 0 aromatic heterocycles. The molecule has 23 heavy (non-hydrogen) atoms. The standard InChI is InChI=1S/C17H23BN2O3/c1-16(2)17(3,4)23-18(22-16)13(9-19)7-11-5-6-12-10-20-15(21)14(12)8-11/h5-8H,9-10,19H2,1-4H3,(H,20,21). The molecule has 0 aliphatic carbocycles. The fourth-order valence-electron chi connectivity index (χ4n) is 2.75. The second-order valence-electron chi connectivity index (χ2n) is 7.11. The highest BCUT2D eigenvalue weighted by Crippen LogP contribution is 2.38. The zero-order valence-corrected chi connectivity index (χ0v) is 14.1. The number of hydrogen-bond acceptors (Lipinski definition) is 4. The third-order valence-corrected chi connectivity index (χ3v) is 4.96. The highest BCUT2D eigenvalue weighted by atomic mass is 16.7. The summed E-state index contributed by atoms with van der Waals surface area (Å²) >= 11 is 0. The molecule has 0 spiro atoms. The molecular weight excluding hydrogens is 291 g/mol. The van der Waals surface area contributed by atoms with Gasteiger partial charge in [0.2, 0.25) is 0 Å². The Balaban J connectivity index is 1.89. The Morgan fingerprint density at radius 1 is 1.30 bits per heavy atom. The summed E-state index contributed by atoms with van der Waals surface area (Å²) in [5, 5.41) is 2.82. The van der Waals surface area contributed by atoms with E-state index in [9.17, 15) is 4.79 Å². The van der Waals surface area contributed by atoms with E-state index in [0.717, 1.165) is 22.2 Å². The topological polar surface area (TPSA) is 73.6 Å². The molecule has 0 saturated carbocycles. The van der Waals surface area contributed by atoms with Crippen LogP contribution in [0.3, 0.4) is 0 Å². The van der Waals surface area contributed by atoms with Gasteiger partial charge in [-0.25, -0.2) is 0 Å². The van der Waals surface area contributed by atoms with Crippen LogP contribution in [0.15, 0.2) is 23.7 Å². The van der Waals surface area contributed by atoms with Crippen molar-refractivity contribution in [3.05, 3.63) is 40.4 Å². The van der Waals surface area contributed by atoms with Gasteiger partial charge >= 0.3 is 7.12 Å². The molecule has 5 nitrogen and oxygen atoms in total. The molecule has 1 aromatic rings. The number of benzene rings is 1. The lowest BCUT2D eigenvalue weighted by molar-refractivity contribution is 0.00578. The van der Waals surface area contributed by atoms with Crippen molar-refractivity contribution in [1.29, 1.82) is 0 Å². The van der Waals surface area contributed by atoms with E-state index >= 15 is 0 Å². The average Bonchev–Trinajstić information content (AvgIpc) is 2.94. The van der Waals surface area contributed by atoms with Crippen LogP contribution in [-0.2, 0) is 15.9 Å². The van der Waals surface area contributed by atoms with Gasteiger partial charge in [0.05, 0.1) is 11.2 Å². The normalized spacial score (nSPS) is 22.2. The van der Waals surface area contributed by atoms with Crippen molar-refractivity contribution in [1.82, 2.24) is 5.32 Å². The van der Waals surface area contributed by atoms with Crippen molar-refractivity contribution in [3.63, 3.8) is 0 Å². The Labute approximate surface area is 137 Å². The molecule has 122 valence electrons. The number of carbonyl (C=O) groups excluding carboxylic acids is 1. The molecule has 0 unspecified atom stereocenters. The Morgan fingerprint density at radius 3 is 2.57 bits per heavy atom. The van der Waals surface area contributed by atoms with Crippen LogP contribution in [0, 0.1) is 0 Å². The van der Waals surface area contributed by atoms with Gasteiger partial charge in [0.1, 0.15) is 0 Å². The van der Waals surface area contributed by atoms with Crippen LogP contribution in [0.5, 0.6) is 0 Å². The van der Waals surface area contributed by atoms with Crippen molar-refractivity contribution in [2.24, 2.45) is 5.73 Å². The molecule has 3 N–H and O–H groups in total. The molecule has 1 amide bonds. The summed E-state index contributed by atoms with van der Waals surface area (Å²) in [5.74, 6) is -0.0276. The molecule has 0 atom stereocenters.